The molecular weight excluding hydrogens is 384 g/mol. The Morgan fingerprint density at radius 2 is 1.93 bits per heavy atom. The minimum Gasteiger partial charge on any atom is -0.457 e. The van der Waals surface area contributed by atoms with Gasteiger partial charge in [0.25, 0.3) is 10.0 Å². The number of benzene rings is 2. The average molecular weight is 405 g/mol. The van der Waals surface area contributed by atoms with E-state index in [0.717, 1.165) is 42.0 Å². The van der Waals surface area contributed by atoms with Gasteiger partial charge in [0.2, 0.25) is 0 Å². The van der Waals surface area contributed by atoms with Crippen LogP contribution >= 0.6 is 11.6 Å². The third kappa shape index (κ3) is 3.96. The number of ether oxygens (including phenoxy) is 1. The van der Waals surface area contributed by atoms with Crippen LogP contribution in [-0.4, -0.2) is 38.0 Å². The highest BCUT2D eigenvalue weighted by Gasteiger charge is 2.33. The van der Waals surface area contributed by atoms with Crippen LogP contribution in [0.15, 0.2) is 46.9 Å². The molecule has 142 valence electrons. The summed E-state index contributed by atoms with van der Waals surface area (Å²) < 4.78 is 33.9. The molecule has 5 nitrogen and oxygen atoms in total. The predicted molar refractivity (Wildman–Crippen MR) is 107 cm³/mol. The number of piperidine rings is 1. The summed E-state index contributed by atoms with van der Waals surface area (Å²) in [6.45, 7) is 3.37. The average Bonchev–Trinajstić information content (AvgIpc) is 2.63. The molecule has 2 aromatic rings. The van der Waals surface area contributed by atoms with Crippen molar-refractivity contribution in [3.8, 4) is 11.5 Å². The fourth-order valence-corrected chi connectivity index (χ4v) is 4.95. The number of nitrogens with zero attached hydrogens (tertiary/aromatic N) is 2. The van der Waals surface area contributed by atoms with Gasteiger partial charge in [0.05, 0.1) is 5.75 Å². The fraction of sp³-hybridized carbons (Fsp3) is 0.350. The summed E-state index contributed by atoms with van der Waals surface area (Å²) in [5.74, 6) is 2.31. The molecule has 0 aromatic heterocycles. The maximum atomic E-state index is 12.0. The van der Waals surface area contributed by atoms with E-state index >= 15 is 0 Å². The van der Waals surface area contributed by atoms with Crippen LogP contribution in [0, 0.1) is 6.92 Å². The van der Waals surface area contributed by atoms with Crippen molar-refractivity contribution >= 4 is 27.5 Å². The monoisotopic (exact) mass is 404 g/mol. The molecule has 2 aliphatic rings. The number of amidine groups is 1. The molecule has 7 heteroatoms. The zero-order chi connectivity index (χ0) is 19.0. The van der Waals surface area contributed by atoms with E-state index in [-0.39, 0.29) is 11.7 Å². The van der Waals surface area contributed by atoms with E-state index in [0.29, 0.717) is 17.4 Å². The lowest BCUT2D eigenvalue weighted by Crippen LogP contribution is -2.46. The van der Waals surface area contributed by atoms with E-state index in [1.165, 1.54) is 0 Å². The van der Waals surface area contributed by atoms with Gasteiger partial charge < -0.3 is 9.64 Å². The largest absolute Gasteiger partial charge is 0.457 e. The topological polar surface area (TPSA) is 59.0 Å². The summed E-state index contributed by atoms with van der Waals surface area (Å²) in [4.78, 5) is 2.11. The molecule has 1 saturated heterocycles. The molecule has 1 atom stereocenters. The van der Waals surface area contributed by atoms with Crippen LogP contribution in [0.5, 0.6) is 11.5 Å². The minimum atomic E-state index is -3.34. The molecule has 2 aliphatic heterocycles. The molecule has 0 amide bonds. The first-order valence-corrected chi connectivity index (χ1v) is 11.0. The van der Waals surface area contributed by atoms with Crippen molar-refractivity contribution in [3.05, 3.63) is 58.6 Å². The second kappa shape index (κ2) is 7.17. The van der Waals surface area contributed by atoms with E-state index in [2.05, 4.69) is 9.30 Å². The van der Waals surface area contributed by atoms with Crippen LogP contribution in [0.1, 0.15) is 29.9 Å². The summed E-state index contributed by atoms with van der Waals surface area (Å²) in [6, 6.07) is 13.4. The smallest absolute Gasteiger partial charge is 0.256 e. The van der Waals surface area contributed by atoms with Gasteiger partial charge in [-0.05, 0) is 61.2 Å². The van der Waals surface area contributed by atoms with E-state index in [1.54, 1.807) is 6.07 Å². The standard InChI is InChI=1S/C20H21ClN2O3S/c1-14-13-16(21)6-9-19(14)26-17-7-4-15(5-8-17)18-3-2-10-23-11-12-27(24,25)22-20(18)23/h4-9,13,18H,2-3,10-12H2,1H3. The van der Waals surface area contributed by atoms with Crippen molar-refractivity contribution in [3.63, 3.8) is 0 Å². The highest BCUT2D eigenvalue weighted by Crippen LogP contribution is 2.33. The van der Waals surface area contributed by atoms with Gasteiger partial charge in [0, 0.05) is 24.0 Å². The zero-order valence-electron chi connectivity index (χ0n) is 15.1. The normalized spacial score (nSPS) is 21.3. The first kappa shape index (κ1) is 18.3. The van der Waals surface area contributed by atoms with Gasteiger partial charge in [-0.1, -0.05) is 23.7 Å². The van der Waals surface area contributed by atoms with E-state index in [1.807, 2.05) is 43.3 Å². The maximum absolute atomic E-state index is 12.0. The molecule has 27 heavy (non-hydrogen) atoms. The van der Waals surface area contributed by atoms with E-state index in [9.17, 15) is 8.42 Å². The Morgan fingerprint density at radius 1 is 1.15 bits per heavy atom. The summed E-state index contributed by atoms with van der Waals surface area (Å²) in [7, 11) is -3.34. The minimum absolute atomic E-state index is 0.0140. The number of hydrogen-bond donors (Lipinski definition) is 0. The summed E-state index contributed by atoms with van der Waals surface area (Å²) in [6.07, 6.45) is 1.94. The van der Waals surface area contributed by atoms with Crippen molar-refractivity contribution in [2.45, 2.75) is 25.7 Å². The van der Waals surface area contributed by atoms with Crippen LogP contribution < -0.4 is 4.74 Å². The Morgan fingerprint density at radius 3 is 2.67 bits per heavy atom. The molecular formula is C20H21ClN2O3S. The second-order valence-electron chi connectivity index (χ2n) is 7.00. The van der Waals surface area contributed by atoms with Crippen LogP contribution in [0.4, 0.5) is 0 Å². The Bertz CT molecular complexity index is 987. The number of aryl methyl sites for hydroxylation is 1. The van der Waals surface area contributed by atoms with Gasteiger partial charge in [-0.3, -0.25) is 0 Å². The van der Waals surface area contributed by atoms with Crippen molar-refractivity contribution in [2.75, 3.05) is 18.8 Å². The summed E-state index contributed by atoms with van der Waals surface area (Å²) in [5, 5.41) is 0.681. The van der Waals surface area contributed by atoms with Gasteiger partial charge in [-0.15, -0.1) is 4.40 Å². The maximum Gasteiger partial charge on any atom is 0.256 e. The highest BCUT2D eigenvalue weighted by atomic mass is 35.5. The number of rotatable bonds is 3. The van der Waals surface area contributed by atoms with E-state index < -0.39 is 10.0 Å². The molecule has 0 saturated carbocycles. The third-order valence-electron chi connectivity index (χ3n) is 5.06. The van der Waals surface area contributed by atoms with Crippen LogP contribution in [-0.2, 0) is 10.0 Å². The molecule has 1 unspecified atom stereocenters. The molecule has 0 spiro atoms. The Balaban J connectivity index is 1.57. The number of halogens is 1. The first-order chi connectivity index (χ1) is 12.9. The first-order valence-electron chi connectivity index (χ1n) is 9.03. The van der Waals surface area contributed by atoms with Gasteiger partial charge in [0.15, 0.2) is 0 Å². The Hall–Kier alpha value is -2.05. The SMILES string of the molecule is Cc1cc(Cl)ccc1Oc1ccc(C2CCCN3CCS(=O)(=O)N=C23)cc1. The van der Waals surface area contributed by atoms with Crippen molar-refractivity contribution < 1.29 is 13.2 Å². The van der Waals surface area contributed by atoms with Gasteiger partial charge in [0.1, 0.15) is 17.3 Å². The van der Waals surface area contributed by atoms with Crippen LogP contribution in [0.25, 0.3) is 0 Å². The van der Waals surface area contributed by atoms with Crippen molar-refractivity contribution in [1.29, 1.82) is 0 Å². The lowest BCUT2D eigenvalue weighted by molar-refractivity contribution is 0.366. The summed E-state index contributed by atoms with van der Waals surface area (Å²) in [5.41, 5.74) is 2.03. The lowest BCUT2D eigenvalue weighted by Gasteiger charge is -2.37. The second-order valence-corrected chi connectivity index (χ2v) is 9.19. The zero-order valence-corrected chi connectivity index (χ0v) is 16.6. The van der Waals surface area contributed by atoms with Crippen LogP contribution in [0.3, 0.4) is 0 Å². The van der Waals surface area contributed by atoms with Gasteiger partial charge in [-0.25, -0.2) is 8.42 Å². The third-order valence-corrected chi connectivity index (χ3v) is 6.45. The number of hydrogen-bond acceptors (Lipinski definition) is 4. The molecule has 0 bridgehead atoms. The molecule has 0 radical (unpaired) electrons. The molecule has 1 fully saturated rings. The number of fused-ring (bicyclic) bond motifs is 1. The predicted octanol–water partition coefficient (Wildman–Crippen LogP) is 4.36. The summed E-state index contributed by atoms with van der Waals surface area (Å²) >= 11 is 5.99. The van der Waals surface area contributed by atoms with Crippen LogP contribution in [0.2, 0.25) is 5.02 Å². The molecule has 0 aliphatic carbocycles. The van der Waals surface area contributed by atoms with E-state index in [4.69, 9.17) is 16.3 Å². The molecule has 2 heterocycles. The molecule has 2 aromatic carbocycles. The van der Waals surface area contributed by atoms with Crippen molar-refractivity contribution in [1.82, 2.24) is 4.90 Å². The molecule has 0 N–H and O–H groups in total. The van der Waals surface area contributed by atoms with Gasteiger partial charge in [-0.2, -0.15) is 0 Å². The number of sulfonamides is 1. The Labute approximate surface area is 164 Å². The molecule has 4 rings (SSSR count). The van der Waals surface area contributed by atoms with Crippen molar-refractivity contribution in [2.24, 2.45) is 4.40 Å². The highest BCUT2D eigenvalue weighted by molar-refractivity contribution is 7.90. The van der Waals surface area contributed by atoms with Gasteiger partial charge >= 0.3 is 0 Å². The fourth-order valence-electron chi connectivity index (χ4n) is 3.65. The quantitative estimate of drug-likeness (QED) is 0.762. The Kier molecular flexibility index (Phi) is 4.86. The lowest BCUT2D eigenvalue weighted by atomic mass is 9.89.